The molecule has 0 bridgehead atoms. The number of aryl methyl sites for hydroxylation is 1. The summed E-state index contributed by atoms with van der Waals surface area (Å²) in [6.07, 6.45) is 0. The van der Waals surface area contributed by atoms with E-state index in [1.165, 1.54) is 22.8 Å². The molecule has 3 aromatic rings. The summed E-state index contributed by atoms with van der Waals surface area (Å²) in [5.41, 5.74) is 0.226. The van der Waals surface area contributed by atoms with Crippen molar-refractivity contribution in [1.29, 1.82) is 0 Å². The van der Waals surface area contributed by atoms with Crippen LogP contribution in [0.3, 0.4) is 0 Å². The van der Waals surface area contributed by atoms with E-state index in [1.54, 1.807) is 31.2 Å². The molecular formula is C18H15N3O5. The predicted molar refractivity (Wildman–Crippen MR) is 95.6 cm³/mol. The third-order valence-electron chi connectivity index (χ3n) is 3.95. The first-order chi connectivity index (χ1) is 12.4. The molecule has 1 amide bonds. The summed E-state index contributed by atoms with van der Waals surface area (Å²) < 4.78 is 1.17. The molecule has 3 rings (SSSR count). The van der Waals surface area contributed by atoms with Gasteiger partial charge < -0.3 is 10.4 Å². The molecule has 8 heteroatoms. The first-order valence-electron chi connectivity index (χ1n) is 7.72. The molecule has 0 radical (unpaired) electrons. The van der Waals surface area contributed by atoms with Gasteiger partial charge in [-0.3, -0.25) is 19.1 Å². The van der Waals surface area contributed by atoms with Crippen LogP contribution >= 0.6 is 0 Å². The van der Waals surface area contributed by atoms with E-state index in [-0.39, 0.29) is 12.1 Å². The van der Waals surface area contributed by atoms with Crippen molar-refractivity contribution in [2.75, 3.05) is 5.32 Å². The minimum Gasteiger partial charge on any atom is -0.478 e. The molecule has 0 atom stereocenters. The van der Waals surface area contributed by atoms with Gasteiger partial charge in [-0.15, -0.1) is 0 Å². The number of fused-ring (bicyclic) bond motifs is 1. The molecule has 2 aromatic carbocycles. The average molecular weight is 353 g/mol. The predicted octanol–water partition coefficient (Wildman–Crippen LogP) is 1.34. The highest BCUT2D eigenvalue weighted by Crippen LogP contribution is 2.15. The zero-order valence-electron chi connectivity index (χ0n) is 13.8. The summed E-state index contributed by atoms with van der Waals surface area (Å²) in [7, 11) is 0. The van der Waals surface area contributed by atoms with E-state index in [1.807, 2.05) is 0 Å². The highest BCUT2D eigenvalue weighted by atomic mass is 16.4. The molecule has 8 nitrogen and oxygen atoms in total. The lowest BCUT2D eigenvalue weighted by molar-refractivity contribution is -0.116. The number of carboxylic acids is 1. The molecule has 132 valence electrons. The number of nitrogens with one attached hydrogen (secondary N) is 2. The van der Waals surface area contributed by atoms with Crippen molar-refractivity contribution in [2.45, 2.75) is 13.5 Å². The zero-order valence-corrected chi connectivity index (χ0v) is 13.8. The Morgan fingerprint density at radius 1 is 1.15 bits per heavy atom. The smallest absolute Gasteiger partial charge is 0.335 e. The van der Waals surface area contributed by atoms with Crippen LogP contribution in [0.25, 0.3) is 10.9 Å². The van der Waals surface area contributed by atoms with E-state index in [2.05, 4.69) is 10.3 Å². The number of hydrogen-bond donors (Lipinski definition) is 3. The molecule has 26 heavy (non-hydrogen) atoms. The number of aromatic nitrogens is 2. The molecule has 3 N–H and O–H groups in total. The quantitative estimate of drug-likeness (QED) is 0.653. The van der Waals surface area contributed by atoms with Gasteiger partial charge in [0.15, 0.2) is 0 Å². The fourth-order valence-electron chi connectivity index (χ4n) is 2.72. The van der Waals surface area contributed by atoms with E-state index >= 15 is 0 Å². The maximum Gasteiger partial charge on any atom is 0.335 e. The second-order valence-electron chi connectivity index (χ2n) is 5.75. The Labute approximate surface area is 146 Å². The fraction of sp³-hybridized carbons (Fsp3) is 0.111. The van der Waals surface area contributed by atoms with Crippen LogP contribution < -0.4 is 16.6 Å². The molecule has 0 aliphatic carbocycles. The first kappa shape index (κ1) is 17.2. The molecule has 1 heterocycles. The van der Waals surface area contributed by atoms with Gasteiger partial charge in [0.1, 0.15) is 6.54 Å². The number of anilines is 1. The summed E-state index contributed by atoms with van der Waals surface area (Å²) in [4.78, 5) is 49.4. The Morgan fingerprint density at radius 3 is 2.58 bits per heavy atom. The van der Waals surface area contributed by atoms with Gasteiger partial charge in [0.2, 0.25) is 5.91 Å². The highest BCUT2D eigenvalue weighted by molar-refractivity contribution is 5.94. The number of carboxylic acid groups (broad SMARTS) is 1. The van der Waals surface area contributed by atoms with Gasteiger partial charge in [-0.2, -0.15) is 0 Å². The van der Waals surface area contributed by atoms with Crippen LogP contribution in [-0.4, -0.2) is 26.5 Å². The van der Waals surface area contributed by atoms with Crippen LogP contribution in [-0.2, 0) is 11.3 Å². The molecule has 0 spiro atoms. The second kappa shape index (κ2) is 6.67. The number of hydrogen-bond acceptors (Lipinski definition) is 4. The molecule has 1 aromatic heterocycles. The number of amides is 1. The van der Waals surface area contributed by atoms with Crippen LogP contribution in [0.1, 0.15) is 15.9 Å². The minimum atomic E-state index is -1.05. The molecule has 0 saturated carbocycles. The highest BCUT2D eigenvalue weighted by Gasteiger charge is 2.12. The van der Waals surface area contributed by atoms with E-state index in [0.29, 0.717) is 22.2 Å². The number of carbonyl (C=O) groups excluding carboxylic acids is 1. The van der Waals surface area contributed by atoms with Crippen LogP contribution in [0.5, 0.6) is 0 Å². The Morgan fingerprint density at radius 2 is 1.88 bits per heavy atom. The van der Waals surface area contributed by atoms with Crippen molar-refractivity contribution >= 4 is 28.5 Å². The van der Waals surface area contributed by atoms with Crippen molar-refractivity contribution in [2.24, 2.45) is 0 Å². The van der Waals surface area contributed by atoms with Crippen molar-refractivity contribution in [3.63, 3.8) is 0 Å². The maximum absolute atomic E-state index is 12.3. The Kier molecular flexibility index (Phi) is 4.40. The maximum atomic E-state index is 12.3. The molecule has 0 unspecified atom stereocenters. The number of H-pyrrole nitrogens is 1. The van der Waals surface area contributed by atoms with Crippen molar-refractivity contribution < 1.29 is 14.7 Å². The summed E-state index contributed by atoms with van der Waals surface area (Å²) in [6, 6.07) is 10.9. The van der Waals surface area contributed by atoms with Crippen molar-refractivity contribution in [1.82, 2.24) is 9.55 Å². The van der Waals surface area contributed by atoms with Crippen molar-refractivity contribution in [3.05, 3.63) is 74.4 Å². The number of aromatic carboxylic acids is 1. The Bertz CT molecular complexity index is 1140. The van der Waals surface area contributed by atoms with Crippen LogP contribution in [0.2, 0.25) is 0 Å². The third-order valence-corrected chi connectivity index (χ3v) is 3.95. The summed E-state index contributed by atoms with van der Waals surface area (Å²) in [5, 5.41) is 12.0. The van der Waals surface area contributed by atoms with Gasteiger partial charge in [0.05, 0.1) is 16.5 Å². The SMILES string of the molecule is Cc1cc(NC(=O)Cn2c(=O)[nH]c(=O)c3ccccc32)ccc1C(=O)O. The average Bonchev–Trinajstić information content (AvgIpc) is 2.58. The normalized spacial score (nSPS) is 10.7. The number of rotatable bonds is 4. The van der Waals surface area contributed by atoms with Crippen LogP contribution in [0, 0.1) is 6.92 Å². The van der Waals surface area contributed by atoms with Crippen LogP contribution in [0.4, 0.5) is 5.69 Å². The number of aromatic amines is 1. The zero-order chi connectivity index (χ0) is 18.8. The van der Waals surface area contributed by atoms with Gasteiger partial charge in [-0.05, 0) is 42.8 Å². The lowest BCUT2D eigenvalue weighted by Crippen LogP contribution is -2.34. The van der Waals surface area contributed by atoms with Gasteiger partial charge >= 0.3 is 11.7 Å². The number of benzene rings is 2. The summed E-state index contributed by atoms with van der Waals surface area (Å²) in [6.45, 7) is 1.33. The summed E-state index contributed by atoms with van der Waals surface area (Å²) >= 11 is 0. The largest absolute Gasteiger partial charge is 0.478 e. The second-order valence-corrected chi connectivity index (χ2v) is 5.75. The fourth-order valence-corrected chi connectivity index (χ4v) is 2.72. The van der Waals surface area contributed by atoms with Gasteiger partial charge in [0, 0.05) is 5.69 Å². The Hall–Kier alpha value is -3.68. The lowest BCUT2D eigenvalue weighted by atomic mass is 10.1. The number of carbonyl (C=O) groups is 2. The molecule has 0 fully saturated rings. The standard InChI is InChI=1S/C18H15N3O5/c1-10-8-11(6-7-12(10)17(24)25)19-15(22)9-21-14-5-3-2-4-13(14)16(23)20-18(21)26/h2-8H,9H2,1H3,(H,19,22)(H,24,25)(H,20,23,26). The molecule has 0 aliphatic rings. The van der Waals surface area contributed by atoms with E-state index in [9.17, 15) is 19.2 Å². The van der Waals surface area contributed by atoms with Crippen molar-refractivity contribution in [3.8, 4) is 0 Å². The van der Waals surface area contributed by atoms with Gasteiger partial charge in [0.25, 0.3) is 5.56 Å². The number of nitrogens with zero attached hydrogens (tertiary/aromatic N) is 1. The third kappa shape index (κ3) is 3.25. The monoisotopic (exact) mass is 353 g/mol. The Balaban J connectivity index is 1.89. The van der Waals surface area contributed by atoms with Gasteiger partial charge in [-0.1, -0.05) is 12.1 Å². The van der Waals surface area contributed by atoms with E-state index in [0.717, 1.165) is 0 Å². The van der Waals surface area contributed by atoms with E-state index in [4.69, 9.17) is 5.11 Å². The summed E-state index contributed by atoms with van der Waals surface area (Å²) in [5.74, 6) is -1.53. The molecular weight excluding hydrogens is 338 g/mol. The topological polar surface area (TPSA) is 121 Å². The molecule has 0 aliphatic heterocycles. The minimum absolute atomic E-state index is 0.144. The van der Waals surface area contributed by atoms with E-state index < -0.39 is 23.1 Å². The lowest BCUT2D eigenvalue weighted by Gasteiger charge is -2.11. The molecule has 0 saturated heterocycles. The number of para-hydroxylation sites is 1. The first-order valence-corrected chi connectivity index (χ1v) is 7.72. The van der Waals surface area contributed by atoms with Gasteiger partial charge in [-0.25, -0.2) is 9.59 Å². The van der Waals surface area contributed by atoms with Crippen LogP contribution in [0.15, 0.2) is 52.1 Å².